The molecular formula is C33H34F3N3O6S2. The van der Waals surface area contributed by atoms with E-state index >= 15 is 0 Å². The van der Waals surface area contributed by atoms with Crippen molar-refractivity contribution in [3.8, 4) is 0 Å². The summed E-state index contributed by atoms with van der Waals surface area (Å²) in [6, 6.07) is 20.8. The number of unbranched alkanes of at least 4 members (excludes halogenated alkanes) is 1. The molecule has 0 amide bonds. The molecule has 14 heteroatoms. The fourth-order valence-electron chi connectivity index (χ4n) is 4.75. The number of sulfonamides is 2. The molecule has 250 valence electrons. The van der Waals surface area contributed by atoms with Crippen molar-refractivity contribution in [2.75, 3.05) is 17.1 Å². The summed E-state index contributed by atoms with van der Waals surface area (Å²) in [6.45, 7) is 2.07. The minimum Gasteiger partial charge on any atom is -0.480 e. The van der Waals surface area contributed by atoms with Gasteiger partial charge in [-0.05, 0) is 78.9 Å². The number of aliphatic carboxylic acids is 1. The molecule has 3 N–H and O–H groups in total. The molecule has 0 saturated heterocycles. The molecule has 47 heavy (non-hydrogen) atoms. The van der Waals surface area contributed by atoms with Crippen LogP contribution in [0.1, 0.15) is 36.5 Å². The van der Waals surface area contributed by atoms with Crippen molar-refractivity contribution in [1.29, 1.82) is 0 Å². The van der Waals surface area contributed by atoms with Crippen LogP contribution in [0, 0.1) is 0 Å². The lowest BCUT2D eigenvalue weighted by Crippen LogP contribution is -2.43. The van der Waals surface area contributed by atoms with Gasteiger partial charge in [0.25, 0.3) is 10.0 Å². The van der Waals surface area contributed by atoms with E-state index in [0.29, 0.717) is 21.6 Å². The van der Waals surface area contributed by atoms with Gasteiger partial charge in [0.05, 0.1) is 26.7 Å². The van der Waals surface area contributed by atoms with Gasteiger partial charge in [0, 0.05) is 12.7 Å². The van der Waals surface area contributed by atoms with Crippen molar-refractivity contribution >= 4 is 43.1 Å². The van der Waals surface area contributed by atoms with Crippen molar-refractivity contribution in [2.45, 2.75) is 54.6 Å². The Morgan fingerprint density at radius 1 is 0.830 bits per heavy atom. The van der Waals surface area contributed by atoms with E-state index in [2.05, 4.69) is 17.0 Å². The second-order valence-electron chi connectivity index (χ2n) is 10.8. The molecule has 0 aliphatic carbocycles. The molecule has 0 radical (unpaired) electrons. The molecule has 1 atom stereocenters. The number of likely N-dealkylation sites (N-methyl/N-ethyl adjacent to an activating group) is 1. The van der Waals surface area contributed by atoms with Gasteiger partial charge in [0.2, 0.25) is 10.0 Å². The van der Waals surface area contributed by atoms with Gasteiger partial charge < -0.3 is 10.4 Å². The van der Waals surface area contributed by atoms with Crippen LogP contribution in [-0.4, -0.2) is 45.3 Å². The minimum absolute atomic E-state index is 0.0996. The number of carboxylic acids is 1. The third-order valence-electron chi connectivity index (χ3n) is 7.43. The van der Waals surface area contributed by atoms with Crippen LogP contribution in [0.3, 0.4) is 0 Å². The summed E-state index contributed by atoms with van der Waals surface area (Å²) in [4.78, 5) is 11.0. The number of aryl methyl sites for hydroxylation is 1. The number of nitrogens with one attached hydrogen (secondary N) is 2. The maximum atomic E-state index is 13.7. The molecule has 0 aromatic heterocycles. The van der Waals surface area contributed by atoms with Gasteiger partial charge >= 0.3 is 12.1 Å². The van der Waals surface area contributed by atoms with Crippen LogP contribution in [0.5, 0.6) is 0 Å². The van der Waals surface area contributed by atoms with Crippen LogP contribution in [0.4, 0.5) is 30.2 Å². The van der Waals surface area contributed by atoms with Crippen molar-refractivity contribution in [3.05, 3.63) is 114 Å². The summed E-state index contributed by atoms with van der Waals surface area (Å²) < 4.78 is 97.3. The average Bonchev–Trinajstić information content (AvgIpc) is 3.03. The van der Waals surface area contributed by atoms with Crippen LogP contribution < -0.4 is 10.0 Å². The second kappa shape index (κ2) is 14.6. The average molecular weight is 690 g/mol. The zero-order valence-electron chi connectivity index (χ0n) is 25.5. The lowest BCUT2D eigenvalue weighted by molar-refractivity contribution is -0.141. The largest absolute Gasteiger partial charge is 0.480 e. The lowest BCUT2D eigenvalue weighted by atomic mass is 10.1. The number of benzene rings is 4. The Morgan fingerprint density at radius 2 is 1.51 bits per heavy atom. The Kier molecular flexibility index (Phi) is 11.0. The first-order valence-electron chi connectivity index (χ1n) is 14.6. The molecule has 0 aliphatic rings. The van der Waals surface area contributed by atoms with Gasteiger partial charge in [-0.15, -0.1) is 0 Å². The minimum atomic E-state index is -4.81. The van der Waals surface area contributed by atoms with Crippen LogP contribution in [-0.2, 0) is 43.9 Å². The van der Waals surface area contributed by atoms with Crippen molar-refractivity contribution in [1.82, 2.24) is 4.31 Å². The molecule has 0 bridgehead atoms. The van der Waals surface area contributed by atoms with E-state index in [9.17, 15) is 39.9 Å². The maximum absolute atomic E-state index is 13.7. The molecular weight excluding hydrogens is 656 g/mol. The van der Waals surface area contributed by atoms with Gasteiger partial charge in [-0.25, -0.2) is 16.8 Å². The van der Waals surface area contributed by atoms with E-state index < -0.39 is 53.6 Å². The number of halogens is 3. The van der Waals surface area contributed by atoms with Crippen molar-refractivity contribution < 1.29 is 39.9 Å². The third kappa shape index (κ3) is 8.90. The highest BCUT2D eigenvalue weighted by Gasteiger charge is 2.34. The normalized spacial score (nSPS) is 12.9. The van der Waals surface area contributed by atoms with Crippen LogP contribution in [0.2, 0.25) is 0 Å². The highest BCUT2D eigenvalue weighted by molar-refractivity contribution is 7.92. The summed E-state index contributed by atoms with van der Waals surface area (Å²) in [6.07, 6.45) is -2.08. The Morgan fingerprint density at radius 3 is 2.13 bits per heavy atom. The van der Waals surface area contributed by atoms with Gasteiger partial charge in [0.1, 0.15) is 6.04 Å². The summed E-state index contributed by atoms with van der Waals surface area (Å²) in [5.41, 5.74) is 0.821. The molecule has 4 aromatic rings. The van der Waals surface area contributed by atoms with Crippen LogP contribution in [0.25, 0.3) is 0 Å². The summed E-state index contributed by atoms with van der Waals surface area (Å²) >= 11 is 0. The van der Waals surface area contributed by atoms with Gasteiger partial charge in [-0.2, -0.15) is 17.5 Å². The smallest absolute Gasteiger partial charge is 0.416 e. The van der Waals surface area contributed by atoms with Crippen LogP contribution >= 0.6 is 0 Å². The quantitative estimate of drug-likeness (QED) is 0.131. The Bertz CT molecular complexity index is 1920. The lowest BCUT2D eigenvalue weighted by Gasteiger charge is -2.25. The summed E-state index contributed by atoms with van der Waals surface area (Å²) in [5.74, 6) is -1.40. The number of nitrogens with zero attached hydrogens (tertiary/aromatic N) is 1. The second-order valence-corrected chi connectivity index (χ2v) is 14.5. The van der Waals surface area contributed by atoms with E-state index in [0.717, 1.165) is 56.1 Å². The monoisotopic (exact) mass is 689 g/mol. The predicted molar refractivity (Wildman–Crippen MR) is 174 cm³/mol. The van der Waals surface area contributed by atoms with Crippen molar-refractivity contribution in [2.24, 2.45) is 0 Å². The first-order chi connectivity index (χ1) is 22.1. The fraction of sp³-hybridized carbons (Fsp3) is 0.242. The topological polar surface area (TPSA) is 133 Å². The molecule has 0 heterocycles. The standard InChI is InChI=1S/C33H34F3N3O6S2/c1-3-4-9-23-14-16-26(17-15-23)37-29-19-18-28(47(44,45)39(2)31(32(40)41)20-24-10-6-5-7-11-24)22-30(29)38-46(42,43)27-13-8-12-25(21-27)33(34,35)36/h5-8,10-19,21-22,31,37-38H,3-4,9,20H2,1-2H3,(H,40,41). The van der Waals surface area contributed by atoms with E-state index in [4.69, 9.17) is 0 Å². The molecule has 0 spiro atoms. The number of hydrogen-bond acceptors (Lipinski definition) is 6. The molecule has 0 aliphatic heterocycles. The third-order valence-corrected chi connectivity index (χ3v) is 10.7. The van der Waals surface area contributed by atoms with E-state index in [1.54, 1.807) is 42.5 Å². The van der Waals surface area contributed by atoms with Crippen molar-refractivity contribution in [3.63, 3.8) is 0 Å². The SMILES string of the molecule is CCCCc1ccc(Nc2ccc(S(=O)(=O)N(C)C(Cc3ccccc3)C(=O)O)cc2NS(=O)(=O)c2cccc(C(F)(F)F)c2)cc1. The van der Waals surface area contributed by atoms with Gasteiger partial charge in [-0.3, -0.25) is 9.52 Å². The van der Waals surface area contributed by atoms with Gasteiger partial charge in [0.15, 0.2) is 0 Å². The zero-order valence-corrected chi connectivity index (χ0v) is 27.2. The number of hydrogen-bond donors (Lipinski definition) is 3. The zero-order chi connectivity index (χ0) is 34.4. The molecule has 4 aromatic carbocycles. The number of alkyl halides is 3. The summed E-state index contributed by atoms with van der Waals surface area (Å²) in [5, 5.41) is 13.0. The highest BCUT2D eigenvalue weighted by atomic mass is 32.2. The van der Waals surface area contributed by atoms with Gasteiger partial charge in [-0.1, -0.05) is 61.9 Å². The van der Waals surface area contributed by atoms with Crippen LogP contribution in [0.15, 0.2) is 107 Å². The number of carboxylic acid groups (broad SMARTS) is 1. The highest BCUT2D eigenvalue weighted by Crippen LogP contribution is 2.34. The number of anilines is 3. The molecule has 1 unspecified atom stereocenters. The molecule has 9 nitrogen and oxygen atoms in total. The number of carbonyl (C=O) groups is 1. The summed E-state index contributed by atoms with van der Waals surface area (Å²) in [7, 11) is -8.10. The first kappa shape index (κ1) is 35.5. The Hall–Kier alpha value is -4.40. The Labute approximate surface area is 272 Å². The molecule has 4 rings (SSSR count). The maximum Gasteiger partial charge on any atom is 0.416 e. The molecule has 0 fully saturated rings. The fourth-order valence-corrected chi connectivity index (χ4v) is 7.21. The van der Waals surface area contributed by atoms with E-state index in [1.807, 2.05) is 12.1 Å². The predicted octanol–water partition coefficient (Wildman–Crippen LogP) is 6.91. The van der Waals surface area contributed by atoms with E-state index in [1.165, 1.54) is 12.1 Å². The molecule has 0 saturated carbocycles. The van der Waals surface area contributed by atoms with E-state index in [-0.39, 0.29) is 17.8 Å². The first-order valence-corrected chi connectivity index (χ1v) is 17.5. The Balaban J connectivity index is 1.74. The number of rotatable bonds is 14.